The zero-order chi connectivity index (χ0) is 14.9. The Hall–Kier alpha value is -1.81. The molecule has 0 fully saturated rings. The lowest BCUT2D eigenvalue weighted by Gasteiger charge is -2.27. The number of aliphatic hydroxyl groups is 4. The fraction of sp³-hybridized carbons (Fsp3) is 0.545. The molecule has 2 rings (SSSR count). The Morgan fingerprint density at radius 1 is 1.20 bits per heavy atom. The highest BCUT2D eigenvalue weighted by Crippen LogP contribution is 2.22. The Bertz CT molecular complexity index is 589. The number of hydrogen-bond donors (Lipinski definition) is 5. The maximum absolute atomic E-state index is 10.1. The van der Waals surface area contributed by atoms with Gasteiger partial charge in [0.25, 0.3) is 0 Å². The molecule has 0 aliphatic heterocycles. The van der Waals surface area contributed by atoms with Crippen LogP contribution in [-0.4, -0.2) is 58.8 Å². The minimum Gasteiger partial charge on any atom is -0.396 e. The van der Waals surface area contributed by atoms with Crippen molar-refractivity contribution in [1.29, 1.82) is 0 Å². The zero-order valence-electron chi connectivity index (χ0n) is 10.8. The summed E-state index contributed by atoms with van der Waals surface area (Å²) in [6.07, 6.45) is -1.82. The summed E-state index contributed by atoms with van der Waals surface area (Å²) in [5, 5.41) is 38.9. The summed E-state index contributed by atoms with van der Waals surface area (Å²) < 4.78 is 1.19. The van der Waals surface area contributed by atoms with Gasteiger partial charge >= 0.3 is 0 Å². The largest absolute Gasteiger partial charge is 0.396 e. The maximum atomic E-state index is 10.1. The number of hydrogen-bond acceptors (Lipinski definition) is 8. The van der Waals surface area contributed by atoms with Gasteiger partial charge in [-0.2, -0.15) is 0 Å². The summed E-state index contributed by atoms with van der Waals surface area (Å²) in [6.45, 7) is 1.23. The first-order valence-electron chi connectivity index (χ1n) is 6.05. The van der Waals surface area contributed by atoms with Gasteiger partial charge in [-0.1, -0.05) is 6.92 Å². The lowest BCUT2D eigenvalue weighted by Crippen LogP contribution is -2.40. The first kappa shape index (κ1) is 14.6. The Morgan fingerprint density at radius 3 is 2.55 bits per heavy atom. The van der Waals surface area contributed by atoms with Gasteiger partial charge in [-0.15, -0.1) is 0 Å². The van der Waals surface area contributed by atoms with E-state index in [4.69, 9.17) is 10.8 Å². The first-order chi connectivity index (χ1) is 9.47. The van der Waals surface area contributed by atoms with Crippen LogP contribution in [0.5, 0.6) is 0 Å². The van der Waals surface area contributed by atoms with Gasteiger partial charge in [-0.25, -0.2) is 15.0 Å². The average molecular weight is 283 g/mol. The highest BCUT2D eigenvalue weighted by atomic mass is 16.4. The van der Waals surface area contributed by atoms with Crippen molar-refractivity contribution in [2.24, 2.45) is 5.92 Å². The van der Waals surface area contributed by atoms with Crippen molar-refractivity contribution in [3.63, 3.8) is 0 Å². The minimum absolute atomic E-state index is 0.153. The van der Waals surface area contributed by atoms with E-state index < -0.39 is 24.4 Å². The van der Waals surface area contributed by atoms with E-state index in [1.165, 1.54) is 17.2 Å². The van der Waals surface area contributed by atoms with Crippen LogP contribution in [0, 0.1) is 5.92 Å². The average Bonchev–Trinajstić information content (AvgIpc) is 2.89. The van der Waals surface area contributed by atoms with E-state index in [0.29, 0.717) is 5.52 Å². The molecule has 2 aromatic rings. The van der Waals surface area contributed by atoms with Crippen LogP contribution in [0.15, 0.2) is 12.7 Å². The van der Waals surface area contributed by atoms with Crippen LogP contribution in [-0.2, 0) is 0 Å². The quantitative estimate of drug-likeness (QED) is 0.433. The fourth-order valence-electron chi connectivity index (χ4n) is 1.85. The Balaban J connectivity index is 2.32. The van der Waals surface area contributed by atoms with E-state index in [2.05, 4.69) is 15.0 Å². The predicted octanol–water partition coefficient (Wildman–Crippen LogP) is -1.75. The van der Waals surface area contributed by atoms with Crippen molar-refractivity contribution in [3.8, 4) is 0 Å². The molecule has 4 unspecified atom stereocenters. The number of aliphatic hydroxyl groups excluding tert-OH is 4. The summed E-state index contributed by atoms with van der Waals surface area (Å²) in [5.41, 5.74) is 6.16. The first-order valence-corrected chi connectivity index (χ1v) is 6.05. The lowest BCUT2D eigenvalue weighted by molar-refractivity contribution is -0.110. The van der Waals surface area contributed by atoms with E-state index in [1.807, 2.05) is 0 Å². The van der Waals surface area contributed by atoms with E-state index in [0.717, 1.165) is 0 Å². The molecule has 0 saturated heterocycles. The van der Waals surface area contributed by atoms with Gasteiger partial charge in [0.15, 0.2) is 17.7 Å². The molecular formula is C11H17N5O4. The molecular weight excluding hydrogens is 266 g/mol. The van der Waals surface area contributed by atoms with Gasteiger partial charge in [-0.05, 0) is 0 Å². The Morgan fingerprint density at radius 2 is 1.90 bits per heavy atom. The van der Waals surface area contributed by atoms with Gasteiger partial charge in [-0.3, -0.25) is 4.57 Å². The number of aromatic nitrogens is 4. The van der Waals surface area contributed by atoms with E-state index in [-0.39, 0.29) is 18.1 Å². The standard InChI is InChI=1S/C11H17N5O4/c1-5(2-17)7(18)8(19)11(20)16-4-15-6-9(12)13-3-14-10(6)16/h3-5,7-8,11,17-20H,2H2,1H3,(H2,12,13,14). The second-order valence-corrected chi connectivity index (χ2v) is 4.64. The molecule has 0 saturated carbocycles. The third kappa shape index (κ3) is 2.43. The minimum atomic E-state index is -1.51. The van der Waals surface area contributed by atoms with E-state index in [1.54, 1.807) is 6.92 Å². The fourth-order valence-corrected chi connectivity index (χ4v) is 1.85. The molecule has 20 heavy (non-hydrogen) atoms. The van der Waals surface area contributed by atoms with Crippen molar-refractivity contribution in [3.05, 3.63) is 12.7 Å². The number of imidazole rings is 1. The summed E-state index contributed by atoms with van der Waals surface area (Å²) in [7, 11) is 0. The van der Waals surface area contributed by atoms with Crippen molar-refractivity contribution in [1.82, 2.24) is 19.5 Å². The molecule has 9 heteroatoms. The lowest BCUT2D eigenvalue weighted by atomic mass is 9.99. The normalized spacial score (nSPS) is 17.9. The second-order valence-electron chi connectivity index (χ2n) is 4.64. The van der Waals surface area contributed by atoms with E-state index >= 15 is 0 Å². The molecule has 4 atom stereocenters. The van der Waals surface area contributed by atoms with Crippen molar-refractivity contribution in [2.45, 2.75) is 25.4 Å². The van der Waals surface area contributed by atoms with Gasteiger partial charge in [0.1, 0.15) is 17.9 Å². The maximum Gasteiger partial charge on any atom is 0.167 e. The van der Waals surface area contributed by atoms with Gasteiger partial charge in [0.2, 0.25) is 0 Å². The number of nitrogens with zero attached hydrogens (tertiary/aromatic N) is 4. The molecule has 2 heterocycles. The highest BCUT2D eigenvalue weighted by Gasteiger charge is 2.31. The van der Waals surface area contributed by atoms with Gasteiger partial charge in [0.05, 0.1) is 12.4 Å². The Labute approximate surface area is 114 Å². The topological polar surface area (TPSA) is 151 Å². The predicted molar refractivity (Wildman–Crippen MR) is 69.3 cm³/mol. The van der Waals surface area contributed by atoms with Crippen LogP contribution >= 0.6 is 0 Å². The van der Waals surface area contributed by atoms with Crippen LogP contribution in [0.4, 0.5) is 5.82 Å². The summed E-state index contributed by atoms with van der Waals surface area (Å²) in [6, 6.07) is 0. The third-order valence-corrected chi connectivity index (χ3v) is 3.20. The van der Waals surface area contributed by atoms with Crippen molar-refractivity contribution in [2.75, 3.05) is 12.3 Å². The zero-order valence-corrected chi connectivity index (χ0v) is 10.8. The monoisotopic (exact) mass is 283 g/mol. The summed E-state index contributed by atoms with van der Waals surface area (Å²) in [4.78, 5) is 11.7. The van der Waals surface area contributed by atoms with Crippen LogP contribution in [0.1, 0.15) is 13.2 Å². The molecule has 6 N–H and O–H groups in total. The van der Waals surface area contributed by atoms with Gasteiger partial charge < -0.3 is 26.2 Å². The molecule has 9 nitrogen and oxygen atoms in total. The van der Waals surface area contributed by atoms with Gasteiger partial charge in [0, 0.05) is 12.5 Å². The third-order valence-electron chi connectivity index (χ3n) is 3.20. The van der Waals surface area contributed by atoms with Crippen molar-refractivity contribution >= 4 is 17.0 Å². The molecule has 0 radical (unpaired) electrons. The molecule has 0 amide bonds. The SMILES string of the molecule is CC(CO)C(O)C(O)C(O)n1cnc2c(N)ncnc21. The molecule has 2 aromatic heterocycles. The molecule has 110 valence electrons. The molecule has 0 bridgehead atoms. The Kier molecular flexibility index (Phi) is 4.14. The van der Waals surface area contributed by atoms with Crippen LogP contribution < -0.4 is 5.73 Å². The number of fused-ring (bicyclic) bond motifs is 1. The smallest absolute Gasteiger partial charge is 0.167 e. The second kappa shape index (κ2) is 5.67. The van der Waals surface area contributed by atoms with Crippen molar-refractivity contribution < 1.29 is 20.4 Å². The number of nitrogen functional groups attached to an aromatic ring is 1. The van der Waals surface area contributed by atoms with Crippen LogP contribution in [0.25, 0.3) is 11.2 Å². The molecule has 0 spiro atoms. The van der Waals surface area contributed by atoms with Crippen LogP contribution in [0.2, 0.25) is 0 Å². The summed E-state index contributed by atoms with van der Waals surface area (Å²) in [5.74, 6) is -0.436. The number of rotatable bonds is 5. The molecule has 0 aromatic carbocycles. The highest BCUT2D eigenvalue weighted by molar-refractivity contribution is 5.81. The molecule has 0 aliphatic carbocycles. The summed E-state index contributed by atoms with van der Waals surface area (Å²) >= 11 is 0. The molecule has 0 aliphatic rings. The van der Waals surface area contributed by atoms with Crippen LogP contribution in [0.3, 0.4) is 0 Å². The number of anilines is 1. The van der Waals surface area contributed by atoms with E-state index in [9.17, 15) is 15.3 Å². The number of nitrogens with two attached hydrogens (primary N) is 1.